The standard InChI is InChI=1S/C33H26O6.C7H13NO.4CH4/c1-3-31(34)38-21-36-25-17-13-23(14-18-25)33(24-15-19-26(20-16-24)37-22-39-32(35)4-2)29-11-7-5-9-27(29)28-10-6-8-12-30(28)33;1-4-7(9)8(5-2)6-3;;;;/h3-20H,1-2,21-22H2;4H,1,5-6H2,2-3H3;4*1H4. The zero-order chi connectivity index (χ0) is 34.5. The van der Waals surface area contributed by atoms with Crippen molar-refractivity contribution in [2.24, 2.45) is 0 Å². The summed E-state index contributed by atoms with van der Waals surface area (Å²) in [5.74, 6) is 0.0679. The number of hydrogen-bond acceptors (Lipinski definition) is 7. The summed E-state index contributed by atoms with van der Waals surface area (Å²) in [7, 11) is 0. The minimum atomic E-state index is -0.602. The van der Waals surface area contributed by atoms with E-state index >= 15 is 0 Å². The number of rotatable bonds is 13. The van der Waals surface area contributed by atoms with Crippen molar-refractivity contribution in [3.8, 4) is 22.6 Å². The van der Waals surface area contributed by atoms with E-state index in [9.17, 15) is 14.4 Å². The van der Waals surface area contributed by atoms with Gasteiger partial charge in [-0.25, -0.2) is 9.59 Å². The first kappa shape index (κ1) is 46.1. The SMILES string of the molecule is C.C.C.C.C=CC(=O)N(CC)CC.C=CC(=O)OCOc1ccc(C2(c3ccc(OCOC(=O)C=C)cc3)c3ccccc3-c3ccccc32)cc1. The molecule has 1 amide bonds. The van der Waals surface area contributed by atoms with Gasteiger partial charge >= 0.3 is 11.9 Å². The molecule has 8 nitrogen and oxygen atoms in total. The minimum absolute atomic E-state index is 0. The van der Waals surface area contributed by atoms with Crippen LogP contribution in [0.2, 0.25) is 0 Å². The van der Waals surface area contributed by atoms with Gasteiger partial charge in [-0.1, -0.05) is 122 Å². The molecular weight excluding hydrogens is 654 g/mol. The smallest absolute Gasteiger partial charge is 0.333 e. The van der Waals surface area contributed by atoms with E-state index in [0.717, 1.165) is 47.5 Å². The summed E-state index contributed by atoms with van der Waals surface area (Å²) in [5.41, 5.74) is 6.15. The molecule has 0 spiro atoms. The Balaban J connectivity index is 0.00000178. The largest absolute Gasteiger partial charge is 0.457 e. The molecule has 0 fully saturated rings. The third-order valence-electron chi connectivity index (χ3n) is 7.96. The topological polar surface area (TPSA) is 91.4 Å². The average Bonchev–Trinajstić information content (AvgIpc) is 3.44. The molecule has 0 heterocycles. The zero-order valence-corrected chi connectivity index (χ0v) is 27.2. The quantitative estimate of drug-likeness (QED) is 0.0683. The first-order chi connectivity index (χ1) is 23.3. The van der Waals surface area contributed by atoms with E-state index in [1.165, 1.54) is 17.2 Å². The third-order valence-corrected chi connectivity index (χ3v) is 7.96. The van der Waals surface area contributed by atoms with Gasteiger partial charge < -0.3 is 23.8 Å². The molecular formula is C44H55NO7. The van der Waals surface area contributed by atoms with Gasteiger partial charge in [-0.2, -0.15) is 0 Å². The highest BCUT2D eigenvalue weighted by Gasteiger charge is 2.45. The van der Waals surface area contributed by atoms with Gasteiger partial charge in [-0.3, -0.25) is 4.79 Å². The number of hydrogen-bond donors (Lipinski definition) is 0. The van der Waals surface area contributed by atoms with Crippen LogP contribution in [-0.2, 0) is 29.3 Å². The summed E-state index contributed by atoms with van der Waals surface area (Å²) in [6.45, 7) is 15.2. The summed E-state index contributed by atoms with van der Waals surface area (Å²) < 4.78 is 21.1. The molecule has 1 aliphatic carbocycles. The summed E-state index contributed by atoms with van der Waals surface area (Å²) in [6, 6.07) is 32.4. The predicted octanol–water partition coefficient (Wildman–Crippen LogP) is 9.77. The van der Waals surface area contributed by atoms with E-state index in [0.29, 0.717) is 11.5 Å². The molecule has 0 radical (unpaired) electrons. The Morgan fingerprint density at radius 3 is 1.25 bits per heavy atom. The Kier molecular flexibility index (Phi) is 19.5. The number of carbonyl (C=O) groups is 3. The van der Waals surface area contributed by atoms with Crippen molar-refractivity contribution < 1.29 is 33.3 Å². The van der Waals surface area contributed by atoms with Gasteiger partial charge in [-0.15, -0.1) is 0 Å². The molecule has 5 rings (SSSR count). The molecule has 4 aromatic carbocycles. The number of carbonyl (C=O) groups excluding carboxylic acids is 3. The molecule has 0 aliphatic heterocycles. The minimum Gasteiger partial charge on any atom is -0.457 e. The second kappa shape index (κ2) is 22.0. The van der Waals surface area contributed by atoms with Crippen LogP contribution in [0.4, 0.5) is 0 Å². The van der Waals surface area contributed by atoms with Crippen molar-refractivity contribution in [3.05, 3.63) is 157 Å². The molecule has 0 bridgehead atoms. The molecule has 0 atom stereocenters. The lowest BCUT2D eigenvalue weighted by Crippen LogP contribution is -2.28. The van der Waals surface area contributed by atoms with E-state index in [-0.39, 0.29) is 49.2 Å². The first-order valence-corrected chi connectivity index (χ1v) is 15.5. The molecule has 0 unspecified atom stereocenters. The van der Waals surface area contributed by atoms with Crippen LogP contribution in [0, 0.1) is 0 Å². The second-order valence-corrected chi connectivity index (χ2v) is 10.5. The third kappa shape index (κ3) is 10.1. The number of amides is 1. The number of ether oxygens (including phenoxy) is 4. The van der Waals surface area contributed by atoms with Crippen LogP contribution < -0.4 is 9.47 Å². The predicted molar refractivity (Wildman–Crippen MR) is 212 cm³/mol. The number of nitrogens with zero attached hydrogens (tertiary/aromatic N) is 1. The van der Waals surface area contributed by atoms with Crippen molar-refractivity contribution in [1.82, 2.24) is 4.90 Å². The van der Waals surface area contributed by atoms with Crippen molar-refractivity contribution >= 4 is 17.8 Å². The van der Waals surface area contributed by atoms with E-state index in [2.05, 4.69) is 68.3 Å². The van der Waals surface area contributed by atoms with Crippen LogP contribution in [0.1, 0.15) is 65.8 Å². The molecule has 4 aromatic rings. The van der Waals surface area contributed by atoms with Gasteiger partial charge in [0.15, 0.2) is 0 Å². The summed E-state index contributed by atoms with van der Waals surface area (Å²) in [5, 5.41) is 0. The Labute approximate surface area is 311 Å². The van der Waals surface area contributed by atoms with Gasteiger partial charge in [0.2, 0.25) is 19.5 Å². The highest BCUT2D eigenvalue weighted by molar-refractivity contribution is 5.87. The van der Waals surface area contributed by atoms with Crippen molar-refractivity contribution in [2.75, 3.05) is 26.7 Å². The van der Waals surface area contributed by atoms with Gasteiger partial charge in [0.05, 0.1) is 5.41 Å². The molecule has 8 heteroatoms. The fourth-order valence-corrected chi connectivity index (χ4v) is 5.72. The van der Waals surface area contributed by atoms with Gasteiger partial charge in [0.1, 0.15) is 11.5 Å². The number of fused-ring (bicyclic) bond motifs is 3. The molecule has 0 aromatic heterocycles. The fraction of sp³-hybridized carbons (Fsp3) is 0.250. The summed E-state index contributed by atoms with van der Waals surface area (Å²) in [6.07, 6.45) is 3.53. The fourth-order valence-electron chi connectivity index (χ4n) is 5.72. The van der Waals surface area contributed by atoms with Crippen LogP contribution in [0.15, 0.2) is 135 Å². The Morgan fingerprint density at radius 1 is 0.577 bits per heavy atom. The van der Waals surface area contributed by atoms with Crippen LogP contribution in [0.3, 0.4) is 0 Å². The lowest BCUT2D eigenvalue weighted by molar-refractivity contribution is -0.145. The Morgan fingerprint density at radius 2 is 0.942 bits per heavy atom. The van der Waals surface area contributed by atoms with Crippen LogP contribution in [-0.4, -0.2) is 49.4 Å². The molecule has 0 saturated carbocycles. The van der Waals surface area contributed by atoms with Crippen molar-refractivity contribution in [2.45, 2.75) is 49.0 Å². The second-order valence-electron chi connectivity index (χ2n) is 10.5. The van der Waals surface area contributed by atoms with Crippen LogP contribution >= 0.6 is 0 Å². The number of benzene rings is 4. The van der Waals surface area contributed by atoms with E-state index in [1.807, 2.05) is 62.4 Å². The van der Waals surface area contributed by atoms with Crippen LogP contribution in [0.25, 0.3) is 11.1 Å². The number of esters is 2. The number of likely N-dealkylation sites (N-methyl/N-ethyl adjacent to an activating group) is 1. The van der Waals surface area contributed by atoms with E-state index in [4.69, 9.17) is 18.9 Å². The maximum Gasteiger partial charge on any atom is 0.333 e. The lowest BCUT2D eigenvalue weighted by Gasteiger charge is -2.34. The van der Waals surface area contributed by atoms with Crippen molar-refractivity contribution in [3.63, 3.8) is 0 Å². The van der Waals surface area contributed by atoms with Gasteiger partial charge in [0.25, 0.3) is 0 Å². The normalized spacial score (nSPS) is 10.8. The van der Waals surface area contributed by atoms with E-state index in [1.54, 1.807) is 4.90 Å². The Bertz CT molecular complexity index is 1640. The maximum atomic E-state index is 11.3. The highest BCUT2D eigenvalue weighted by Crippen LogP contribution is 2.56. The van der Waals surface area contributed by atoms with Crippen LogP contribution in [0.5, 0.6) is 11.5 Å². The monoisotopic (exact) mass is 709 g/mol. The molecule has 0 N–H and O–H groups in total. The Hall–Kier alpha value is -5.89. The molecule has 0 saturated heterocycles. The maximum absolute atomic E-state index is 11.3. The average molecular weight is 710 g/mol. The van der Waals surface area contributed by atoms with Crippen molar-refractivity contribution in [1.29, 1.82) is 0 Å². The molecule has 1 aliphatic rings. The molecule has 52 heavy (non-hydrogen) atoms. The van der Waals surface area contributed by atoms with E-state index < -0.39 is 17.4 Å². The summed E-state index contributed by atoms with van der Waals surface area (Å²) >= 11 is 0. The van der Waals surface area contributed by atoms with Gasteiger partial charge in [0, 0.05) is 25.2 Å². The van der Waals surface area contributed by atoms with Gasteiger partial charge in [-0.05, 0) is 77.6 Å². The summed E-state index contributed by atoms with van der Waals surface area (Å²) in [4.78, 5) is 35.2. The highest BCUT2D eigenvalue weighted by atomic mass is 16.7. The first-order valence-electron chi connectivity index (χ1n) is 15.5. The lowest BCUT2D eigenvalue weighted by atomic mass is 9.68. The zero-order valence-electron chi connectivity index (χ0n) is 27.2. The molecule has 278 valence electrons.